The van der Waals surface area contributed by atoms with Crippen LogP contribution in [0, 0.1) is 29.1 Å². The van der Waals surface area contributed by atoms with E-state index in [-0.39, 0.29) is 5.92 Å². The standard InChI is InChI=1S/C19H17N/c20-12-18-14-6-8-15(9-7-14)19(18)17-10-5-13-3-1-2-4-16(13)11-17/h1-6,8,10-11,14-15,18-19H,7,9H2. The van der Waals surface area contributed by atoms with Crippen LogP contribution < -0.4 is 0 Å². The lowest BCUT2D eigenvalue weighted by Crippen LogP contribution is -2.34. The van der Waals surface area contributed by atoms with Crippen molar-refractivity contribution < 1.29 is 0 Å². The molecule has 0 aromatic heterocycles. The van der Waals surface area contributed by atoms with Crippen LogP contribution in [0.15, 0.2) is 54.6 Å². The summed E-state index contributed by atoms with van der Waals surface area (Å²) >= 11 is 0. The number of fused-ring (bicyclic) bond motifs is 3. The summed E-state index contributed by atoms with van der Waals surface area (Å²) in [6.45, 7) is 0. The summed E-state index contributed by atoms with van der Waals surface area (Å²) in [6.07, 6.45) is 7.04. The molecular formula is C19H17N. The minimum Gasteiger partial charge on any atom is -0.198 e. The van der Waals surface area contributed by atoms with E-state index >= 15 is 0 Å². The molecule has 1 nitrogen and oxygen atoms in total. The first kappa shape index (κ1) is 11.7. The summed E-state index contributed by atoms with van der Waals surface area (Å²) < 4.78 is 0. The van der Waals surface area contributed by atoms with Crippen molar-refractivity contribution >= 4 is 10.8 Å². The molecule has 0 radical (unpaired) electrons. The average Bonchev–Trinajstić information content (AvgIpc) is 2.54. The van der Waals surface area contributed by atoms with Gasteiger partial charge in [-0.1, -0.05) is 54.6 Å². The summed E-state index contributed by atoms with van der Waals surface area (Å²) in [5.41, 5.74) is 1.34. The van der Waals surface area contributed by atoms with Crippen LogP contribution in [0.3, 0.4) is 0 Å². The van der Waals surface area contributed by atoms with Crippen molar-refractivity contribution in [3.63, 3.8) is 0 Å². The maximum atomic E-state index is 9.57. The Morgan fingerprint density at radius 3 is 2.40 bits per heavy atom. The third-order valence-electron chi connectivity index (χ3n) is 5.06. The summed E-state index contributed by atoms with van der Waals surface area (Å²) in [5, 5.41) is 12.1. The molecule has 1 saturated carbocycles. The molecule has 4 unspecified atom stereocenters. The Morgan fingerprint density at radius 2 is 1.65 bits per heavy atom. The van der Waals surface area contributed by atoms with Gasteiger partial charge in [-0.2, -0.15) is 5.26 Å². The second-order valence-corrected chi connectivity index (χ2v) is 6.08. The van der Waals surface area contributed by atoms with Crippen molar-refractivity contribution in [3.05, 3.63) is 60.2 Å². The largest absolute Gasteiger partial charge is 0.198 e. The van der Waals surface area contributed by atoms with Gasteiger partial charge in [0.2, 0.25) is 0 Å². The smallest absolute Gasteiger partial charge is 0.0668 e. The monoisotopic (exact) mass is 259 g/mol. The van der Waals surface area contributed by atoms with Crippen LogP contribution in [0.1, 0.15) is 24.3 Å². The number of hydrogen-bond donors (Lipinski definition) is 0. The second-order valence-electron chi connectivity index (χ2n) is 6.08. The molecule has 0 heterocycles. The van der Waals surface area contributed by atoms with E-state index in [2.05, 4.69) is 60.7 Å². The fraction of sp³-hybridized carbons (Fsp3) is 0.316. The molecule has 20 heavy (non-hydrogen) atoms. The Morgan fingerprint density at radius 1 is 0.900 bits per heavy atom. The molecule has 4 atom stereocenters. The van der Waals surface area contributed by atoms with Crippen molar-refractivity contribution in [1.82, 2.24) is 0 Å². The summed E-state index contributed by atoms with van der Waals surface area (Å²) in [6, 6.07) is 17.8. The van der Waals surface area contributed by atoms with E-state index in [4.69, 9.17) is 0 Å². The molecule has 0 amide bonds. The van der Waals surface area contributed by atoms with Gasteiger partial charge < -0.3 is 0 Å². The fourth-order valence-electron chi connectivity index (χ4n) is 4.04. The van der Waals surface area contributed by atoms with Gasteiger partial charge in [-0.25, -0.2) is 0 Å². The van der Waals surface area contributed by atoms with E-state index in [1.807, 2.05) is 0 Å². The van der Waals surface area contributed by atoms with Gasteiger partial charge >= 0.3 is 0 Å². The topological polar surface area (TPSA) is 23.8 Å². The highest BCUT2D eigenvalue weighted by atomic mass is 14.5. The summed E-state index contributed by atoms with van der Waals surface area (Å²) in [4.78, 5) is 0. The Hall–Kier alpha value is -2.07. The quantitative estimate of drug-likeness (QED) is 0.683. The van der Waals surface area contributed by atoms with Gasteiger partial charge in [0.05, 0.1) is 12.0 Å². The van der Waals surface area contributed by atoms with Crippen molar-refractivity contribution in [2.75, 3.05) is 0 Å². The maximum Gasteiger partial charge on any atom is 0.0668 e. The van der Waals surface area contributed by atoms with Crippen LogP contribution in [0.5, 0.6) is 0 Å². The predicted octanol–water partition coefficient (Wildman–Crippen LogP) is 4.66. The van der Waals surface area contributed by atoms with Gasteiger partial charge in [-0.05, 0) is 41.0 Å². The number of benzene rings is 2. The van der Waals surface area contributed by atoms with E-state index in [9.17, 15) is 5.26 Å². The van der Waals surface area contributed by atoms with E-state index in [1.54, 1.807) is 0 Å². The molecular weight excluding hydrogens is 242 g/mol. The summed E-state index contributed by atoms with van der Waals surface area (Å²) in [7, 11) is 0. The second kappa shape index (κ2) is 4.49. The lowest BCUT2D eigenvalue weighted by Gasteiger charge is -2.42. The zero-order valence-corrected chi connectivity index (χ0v) is 11.4. The lowest BCUT2D eigenvalue weighted by molar-refractivity contribution is 0.225. The molecule has 1 fully saturated rings. The van der Waals surface area contributed by atoms with Crippen molar-refractivity contribution in [2.45, 2.75) is 18.8 Å². The van der Waals surface area contributed by atoms with Crippen LogP contribution in [0.2, 0.25) is 0 Å². The Balaban J connectivity index is 1.82. The first-order chi connectivity index (χ1) is 9.86. The number of rotatable bonds is 1. The van der Waals surface area contributed by atoms with Gasteiger partial charge in [0.15, 0.2) is 0 Å². The number of allylic oxidation sites excluding steroid dienone is 2. The lowest BCUT2D eigenvalue weighted by atomic mass is 9.61. The van der Waals surface area contributed by atoms with Gasteiger partial charge in [-0.15, -0.1) is 0 Å². The van der Waals surface area contributed by atoms with Crippen molar-refractivity contribution in [2.24, 2.45) is 17.8 Å². The van der Waals surface area contributed by atoms with Crippen molar-refractivity contribution in [1.29, 1.82) is 5.26 Å². The highest BCUT2D eigenvalue weighted by Crippen LogP contribution is 2.49. The maximum absolute atomic E-state index is 9.57. The zero-order chi connectivity index (χ0) is 13.5. The molecule has 2 aromatic carbocycles. The first-order valence-electron chi connectivity index (χ1n) is 7.43. The molecule has 3 aliphatic carbocycles. The predicted molar refractivity (Wildman–Crippen MR) is 81.1 cm³/mol. The van der Waals surface area contributed by atoms with E-state index < -0.39 is 0 Å². The van der Waals surface area contributed by atoms with Gasteiger partial charge in [-0.3, -0.25) is 0 Å². The van der Waals surface area contributed by atoms with Gasteiger partial charge in [0.1, 0.15) is 0 Å². The van der Waals surface area contributed by atoms with Crippen LogP contribution in [-0.4, -0.2) is 0 Å². The molecule has 2 aromatic rings. The van der Waals surface area contributed by atoms with E-state index in [0.717, 1.165) is 0 Å². The molecule has 0 spiro atoms. The average molecular weight is 259 g/mol. The first-order valence-corrected chi connectivity index (χ1v) is 7.43. The normalized spacial score (nSPS) is 31.4. The molecule has 3 aliphatic rings. The Labute approximate surface area is 119 Å². The van der Waals surface area contributed by atoms with Crippen LogP contribution in [0.4, 0.5) is 0 Å². The van der Waals surface area contributed by atoms with Gasteiger partial charge in [0.25, 0.3) is 0 Å². The Bertz CT molecular complexity index is 722. The molecule has 0 N–H and O–H groups in total. The molecule has 98 valence electrons. The van der Waals surface area contributed by atoms with E-state index in [1.165, 1.54) is 29.2 Å². The van der Waals surface area contributed by atoms with Crippen molar-refractivity contribution in [3.8, 4) is 6.07 Å². The highest BCUT2D eigenvalue weighted by molar-refractivity contribution is 5.83. The number of nitrogens with zero attached hydrogens (tertiary/aromatic N) is 1. The van der Waals surface area contributed by atoms with Gasteiger partial charge in [0, 0.05) is 5.92 Å². The van der Waals surface area contributed by atoms with Crippen LogP contribution >= 0.6 is 0 Å². The van der Waals surface area contributed by atoms with E-state index in [0.29, 0.717) is 17.8 Å². The zero-order valence-electron chi connectivity index (χ0n) is 11.4. The van der Waals surface area contributed by atoms with Crippen LogP contribution in [-0.2, 0) is 0 Å². The molecule has 1 heteroatoms. The number of nitriles is 1. The third kappa shape index (κ3) is 1.68. The highest BCUT2D eigenvalue weighted by Gasteiger charge is 2.41. The summed E-state index contributed by atoms with van der Waals surface area (Å²) in [5.74, 6) is 1.54. The third-order valence-corrected chi connectivity index (χ3v) is 5.06. The minimum atomic E-state index is 0.153. The minimum absolute atomic E-state index is 0.153. The molecule has 5 rings (SSSR count). The Kier molecular flexibility index (Phi) is 2.63. The van der Waals surface area contributed by atoms with Crippen LogP contribution in [0.25, 0.3) is 10.8 Å². The molecule has 0 aliphatic heterocycles. The molecule has 0 saturated heterocycles. The number of hydrogen-bond acceptors (Lipinski definition) is 1. The SMILES string of the molecule is N#CC1C2C=CC(CC2)C1c1ccc2ccccc2c1. The molecule has 2 bridgehead atoms. The fourth-order valence-corrected chi connectivity index (χ4v) is 4.04.